The number of nitrogens with zero attached hydrogens (tertiary/aromatic N) is 4. The van der Waals surface area contributed by atoms with Crippen molar-refractivity contribution in [3.63, 3.8) is 0 Å². The van der Waals surface area contributed by atoms with E-state index in [1.54, 1.807) is 12.3 Å². The van der Waals surface area contributed by atoms with Crippen LogP contribution in [0.15, 0.2) is 17.1 Å². The first-order valence-corrected chi connectivity index (χ1v) is 7.54. The van der Waals surface area contributed by atoms with Crippen LogP contribution in [0.2, 0.25) is 0 Å². The lowest BCUT2D eigenvalue weighted by Crippen LogP contribution is -2.45. The van der Waals surface area contributed by atoms with E-state index in [0.717, 1.165) is 38.3 Å². The molecule has 0 aliphatic carbocycles. The zero-order chi connectivity index (χ0) is 15.4. The average Bonchev–Trinajstić information content (AvgIpc) is 2.49. The summed E-state index contributed by atoms with van der Waals surface area (Å²) in [4.78, 5) is 28.4. The molecule has 21 heavy (non-hydrogen) atoms. The van der Waals surface area contributed by atoms with E-state index in [1.165, 1.54) is 4.68 Å². The molecule has 0 amide bonds. The van der Waals surface area contributed by atoms with Gasteiger partial charge in [-0.15, -0.1) is 0 Å². The lowest BCUT2D eigenvalue weighted by Gasteiger charge is -2.33. The second-order valence-electron chi connectivity index (χ2n) is 5.78. The number of carbonyl (C=O) groups excluding carboxylic acids is 1. The Hall–Kier alpha value is -1.69. The molecule has 1 unspecified atom stereocenters. The first kappa shape index (κ1) is 15.7. The largest absolute Gasteiger partial charge is 0.368 e. The fourth-order valence-electron chi connectivity index (χ4n) is 2.31. The quantitative estimate of drug-likeness (QED) is 0.796. The molecule has 1 atom stereocenters. The molecule has 1 fully saturated rings. The number of anilines is 1. The lowest BCUT2D eigenvalue weighted by atomic mass is 10.0. The molecule has 1 aliphatic heterocycles. The molecule has 116 valence electrons. The molecule has 1 aromatic rings. The number of rotatable bonds is 5. The molecule has 6 nitrogen and oxygen atoms in total. The van der Waals surface area contributed by atoms with Crippen molar-refractivity contribution in [1.29, 1.82) is 0 Å². The number of aromatic nitrogens is 2. The summed E-state index contributed by atoms with van der Waals surface area (Å²) in [5.41, 5.74) is 0.642. The third-order valence-electron chi connectivity index (χ3n) is 4.19. The lowest BCUT2D eigenvalue weighted by molar-refractivity contribution is -0.123. The van der Waals surface area contributed by atoms with E-state index in [1.807, 2.05) is 13.8 Å². The highest BCUT2D eigenvalue weighted by molar-refractivity contribution is 5.80. The Labute approximate surface area is 125 Å². The smallest absolute Gasteiger partial charge is 0.269 e. The van der Waals surface area contributed by atoms with Gasteiger partial charge in [0.25, 0.3) is 5.56 Å². The van der Waals surface area contributed by atoms with Crippen molar-refractivity contribution in [1.82, 2.24) is 14.7 Å². The number of piperazine rings is 1. The molecular formula is C15H24N4O2. The van der Waals surface area contributed by atoms with E-state index < -0.39 is 0 Å². The SMILES string of the molecule is CCC(C)C(=O)Cn1ncc(N2CCN(C)CC2)cc1=O. The Morgan fingerprint density at radius 1 is 1.33 bits per heavy atom. The summed E-state index contributed by atoms with van der Waals surface area (Å²) in [5.74, 6) is 0.0236. The molecule has 1 aromatic heterocycles. The molecule has 0 aromatic carbocycles. The van der Waals surface area contributed by atoms with E-state index in [4.69, 9.17) is 0 Å². The third-order valence-corrected chi connectivity index (χ3v) is 4.19. The summed E-state index contributed by atoms with van der Waals surface area (Å²) < 4.78 is 1.26. The van der Waals surface area contributed by atoms with Crippen LogP contribution in [0.25, 0.3) is 0 Å². The minimum Gasteiger partial charge on any atom is -0.368 e. The van der Waals surface area contributed by atoms with Crippen LogP contribution in [0, 0.1) is 5.92 Å². The molecule has 1 saturated heterocycles. The molecule has 0 N–H and O–H groups in total. The van der Waals surface area contributed by atoms with Crippen molar-refractivity contribution in [3.8, 4) is 0 Å². The van der Waals surface area contributed by atoms with Crippen molar-refractivity contribution in [2.24, 2.45) is 5.92 Å². The van der Waals surface area contributed by atoms with Crippen molar-refractivity contribution >= 4 is 11.5 Å². The standard InChI is InChI=1S/C15H24N4O2/c1-4-12(2)14(20)11-19-15(21)9-13(10-16-19)18-7-5-17(3)6-8-18/h9-10,12H,4-8,11H2,1-3H3. The Morgan fingerprint density at radius 2 is 2.00 bits per heavy atom. The van der Waals surface area contributed by atoms with E-state index in [2.05, 4.69) is 21.9 Å². The summed E-state index contributed by atoms with van der Waals surface area (Å²) in [5, 5.41) is 4.16. The number of Topliss-reactive ketones (excluding diaryl/α,β-unsaturated/α-hetero) is 1. The van der Waals surface area contributed by atoms with Gasteiger partial charge in [-0.3, -0.25) is 9.59 Å². The molecule has 0 bridgehead atoms. The summed E-state index contributed by atoms with van der Waals surface area (Å²) in [6.07, 6.45) is 2.48. The molecule has 6 heteroatoms. The molecule has 2 rings (SSSR count). The van der Waals surface area contributed by atoms with Crippen LogP contribution in [0.1, 0.15) is 20.3 Å². The Kier molecular flexibility index (Phi) is 5.12. The molecule has 0 saturated carbocycles. The van der Waals surface area contributed by atoms with Crippen LogP contribution in [-0.2, 0) is 11.3 Å². The van der Waals surface area contributed by atoms with Gasteiger partial charge in [0.15, 0.2) is 5.78 Å². The van der Waals surface area contributed by atoms with Crippen molar-refractivity contribution in [2.45, 2.75) is 26.8 Å². The highest BCUT2D eigenvalue weighted by Gasteiger charge is 2.17. The number of ketones is 1. The van der Waals surface area contributed by atoms with E-state index >= 15 is 0 Å². The van der Waals surface area contributed by atoms with Crippen LogP contribution in [0.3, 0.4) is 0 Å². The maximum absolute atomic E-state index is 12.1. The first-order valence-electron chi connectivity index (χ1n) is 7.54. The molecule has 2 heterocycles. The van der Waals surface area contributed by atoms with Crippen molar-refractivity contribution in [2.75, 3.05) is 38.1 Å². The van der Waals surface area contributed by atoms with Crippen LogP contribution >= 0.6 is 0 Å². The summed E-state index contributed by atoms with van der Waals surface area (Å²) in [6, 6.07) is 1.59. The van der Waals surface area contributed by atoms with Gasteiger partial charge in [0.05, 0.1) is 11.9 Å². The summed E-state index contributed by atoms with van der Waals surface area (Å²) in [7, 11) is 2.09. The van der Waals surface area contributed by atoms with Gasteiger partial charge in [0.2, 0.25) is 0 Å². The van der Waals surface area contributed by atoms with Crippen LogP contribution in [-0.4, -0.2) is 53.7 Å². The van der Waals surface area contributed by atoms with Gasteiger partial charge >= 0.3 is 0 Å². The monoisotopic (exact) mass is 292 g/mol. The fourth-order valence-corrected chi connectivity index (χ4v) is 2.31. The van der Waals surface area contributed by atoms with E-state index in [0.29, 0.717) is 0 Å². The predicted molar refractivity (Wildman–Crippen MR) is 82.7 cm³/mol. The summed E-state index contributed by atoms with van der Waals surface area (Å²) in [6.45, 7) is 7.67. The molecular weight excluding hydrogens is 268 g/mol. The Morgan fingerprint density at radius 3 is 2.57 bits per heavy atom. The fraction of sp³-hybridized carbons (Fsp3) is 0.667. The van der Waals surface area contributed by atoms with Crippen LogP contribution < -0.4 is 10.5 Å². The summed E-state index contributed by atoms with van der Waals surface area (Å²) >= 11 is 0. The zero-order valence-corrected chi connectivity index (χ0v) is 13.1. The van der Waals surface area contributed by atoms with Gasteiger partial charge in [-0.25, -0.2) is 4.68 Å². The molecule has 0 radical (unpaired) electrons. The maximum atomic E-state index is 12.1. The van der Waals surface area contributed by atoms with Gasteiger partial charge in [0, 0.05) is 38.2 Å². The second kappa shape index (κ2) is 6.85. The Bertz CT molecular complexity index is 547. The minimum atomic E-state index is -0.205. The number of hydrogen-bond acceptors (Lipinski definition) is 5. The minimum absolute atomic E-state index is 0.0315. The highest BCUT2D eigenvalue weighted by atomic mass is 16.1. The first-order chi connectivity index (χ1) is 10.0. The van der Waals surface area contributed by atoms with Gasteiger partial charge in [0.1, 0.15) is 6.54 Å². The highest BCUT2D eigenvalue weighted by Crippen LogP contribution is 2.12. The normalized spacial score (nSPS) is 17.8. The van der Waals surface area contributed by atoms with Crippen LogP contribution in [0.4, 0.5) is 5.69 Å². The van der Waals surface area contributed by atoms with Crippen molar-refractivity contribution in [3.05, 3.63) is 22.6 Å². The van der Waals surface area contributed by atoms with Gasteiger partial charge < -0.3 is 9.80 Å². The second-order valence-corrected chi connectivity index (χ2v) is 5.78. The topological polar surface area (TPSA) is 58.4 Å². The molecule has 1 aliphatic rings. The van der Waals surface area contributed by atoms with E-state index in [-0.39, 0.29) is 23.8 Å². The van der Waals surface area contributed by atoms with Crippen molar-refractivity contribution < 1.29 is 4.79 Å². The zero-order valence-electron chi connectivity index (χ0n) is 13.1. The van der Waals surface area contributed by atoms with Gasteiger partial charge in [-0.2, -0.15) is 5.10 Å². The Balaban J connectivity index is 2.07. The van der Waals surface area contributed by atoms with Gasteiger partial charge in [-0.1, -0.05) is 13.8 Å². The number of hydrogen-bond donors (Lipinski definition) is 0. The number of carbonyl (C=O) groups is 1. The maximum Gasteiger partial charge on any atom is 0.269 e. The van der Waals surface area contributed by atoms with Gasteiger partial charge in [-0.05, 0) is 13.5 Å². The third kappa shape index (κ3) is 3.91. The average molecular weight is 292 g/mol. The predicted octanol–water partition coefficient (Wildman–Crippen LogP) is 0.610. The number of likely N-dealkylation sites (N-methyl/N-ethyl adjacent to an activating group) is 1. The van der Waals surface area contributed by atoms with E-state index in [9.17, 15) is 9.59 Å². The molecule has 0 spiro atoms. The van der Waals surface area contributed by atoms with Crippen LogP contribution in [0.5, 0.6) is 0 Å².